The van der Waals surface area contributed by atoms with E-state index < -0.39 is 7.12 Å². The van der Waals surface area contributed by atoms with E-state index in [0.717, 1.165) is 16.7 Å². The number of hydrogen-bond acceptors (Lipinski definition) is 3. The molecule has 17 heavy (non-hydrogen) atoms. The van der Waals surface area contributed by atoms with Crippen LogP contribution in [-0.4, -0.2) is 25.2 Å². The fourth-order valence-corrected chi connectivity index (χ4v) is 1.86. The second-order valence-corrected chi connectivity index (χ2v) is 3.81. The van der Waals surface area contributed by atoms with E-state index in [9.17, 15) is 5.02 Å². The Morgan fingerprint density at radius 2 is 2.06 bits per heavy atom. The maximum absolute atomic E-state index is 9.63. The Balaban J connectivity index is 2.30. The lowest BCUT2D eigenvalue weighted by Gasteiger charge is -2.20. The minimum atomic E-state index is -0.844. The Labute approximate surface area is 102 Å². The third kappa shape index (κ3) is 2.29. The third-order valence-electron chi connectivity index (χ3n) is 2.72. The predicted molar refractivity (Wildman–Crippen MR) is 68.7 cm³/mol. The smallest absolute Gasteiger partial charge is 0.423 e. The molecule has 2 rings (SSSR count). The van der Waals surface area contributed by atoms with E-state index in [4.69, 9.17) is 17.5 Å². The van der Waals surface area contributed by atoms with Crippen LogP contribution in [0.3, 0.4) is 0 Å². The number of rotatable bonds is 3. The molecule has 1 aromatic rings. The van der Waals surface area contributed by atoms with E-state index in [1.807, 2.05) is 23.1 Å². The van der Waals surface area contributed by atoms with E-state index >= 15 is 0 Å². The molecule has 0 aliphatic carbocycles. The van der Waals surface area contributed by atoms with Crippen molar-refractivity contribution < 1.29 is 9.68 Å². The molecule has 0 saturated heterocycles. The first-order valence-electron chi connectivity index (χ1n) is 5.30. The van der Waals surface area contributed by atoms with Gasteiger partial charge >= 0.3 is 7.12 Å². The minimum Gasteiger partial charge on any atom is -0.423 e. The molecule has 1 aliphatic heterocycles. The minimum absolute atomic E-state index is 0.444. The fourth-order valence-electron chi connectivity index (χ4n) is 1.86. The lowest BCUT2D eigenvalue weighted by atomic mass is 9.79. The van der Waals surface area contributed by atoms with Gasteiger partial charge in [-0.3, -0.25) is 0 Å². The van der Waals surface area contributed by atoms with Gasteiger partial charge in [-0.15, -0.1) is 12.8 Å². The molecule has 0 saturated carbocycles. The molecule has 0 unspecified atom stereocenters. The number of nitrogens with zero attached hydrogens (tertiary/aromatic N) is 1. The van der Waals surface area contributed by atoms with Crippen LogP contribution in [-0.2, 0) is 11.3 Å². The van der Waals surface area contributed by atoms with Crippen molar-refractivity contribution in [3.8, 4) is 24.7 Å². The first kappa shape index (κ1) is 11.6. The topological polar surface area (TPSA) is 32.7 Å². The molecule has 0 spiro atoms. The van der Waals surface area contributed by atoms with Crippen molar-refractivity contribution in [1.29, 1.82) is 0 Å². The average molecular weight is 225 g/mol. The van der Waals surface area contributed by atoms with Crippen LogP contribution in [0.15, 0.2) is 18.2 Å². The third-order valence-corrected chi connectivity index (χ3v) is 2.72. The zero-order valence-corrected chi connectivity index (χ0v) is 9.39. The van der Waals surface area contributed by atoms with Gasteiger partial charge in [-0.1, -0.05) is 17.9 Å². The quantitative estimate of drug-likeness (QED) is 0.579. The SMILES string of the molecule is C#CCN(CC#C)c1ccc2c(c1)B(O)OC2. The highest BCUT2D eigenvalue weighted by Gasteiger charge is 2.27. The van der Waals surface area contributed by atoms with Crippen LogP contribution in [0.4, 0.5) is 5.69 Å². The number of anilines is 1. The van der Waals surface area contributed by atoms with Crippen molar-refractivity contribution in [3.63, 3.8) is 0 Å². The first-order valence-corrected chi connectivity index (χ1v) is 5.30. The van der Waals surface area contributed by atoms with Gasteiger partial charge in [-0.25, -0.2) is 0 Å². The zero-order chi connectivity index (χ0) is 12.3. The molecule has 84 valence electrons. The van der Waals surface area contributed by atoms with E-state index in [0.29, 0.717) is 19.7 Å². The highest BCUT2D eigenvalue weighted by atomic mass is 16.5. The van der Waals surface area contributed by atoms with Crippen molar-refractivity contribution >= 4 is 18.3 Å². The molecule has 0 amide bonds. The molecule has 0 bridgehead atoms. The monoisotopic (exact) mass is 225 g/mol. The van der Waals surface area contributed by atoms with Gasteiger partial charge in [0, 0.05) is 5.69 Å². The Morgan fingerprint density at radius 1 is 1.35 bits per heavy atom. The number of hydrogen-bond donors (Lipinski definition) is 1. The first-order chi connectivity index (χ1) is 8.26. The second-order valence-electron chi connectivity index (χ2n) is 3.81. The Morgan fingerprint density at radius 3 is 2.71 bits per heavy atom. The molecular weight excluding hydrogens is 213 g/mol. The van der Waals surface area contributed by atoms with Crippen LogP contribution in [0, 0.1) is 24.7 Å². The molecule has 3 nitrogen and oxygen atoms in total. The summed E-state index contributed by atoms with van der Waals surface area (Å²) in [6, 6.07) is 5.75. The Bertz CT molecular complexity index is 485. The van der Waals surface area contributed by atoms with Crippen LogP contribution >= 0.6 is 0 Å². The summed E-state index contributed by atoms with van der Waals surface area (Å²) >= 11 is 0. The van der Waals surface area contributed by atoms with Crippen LogP contribution in [0.2, 0.25) is 0 Å². The molecule has 0 fully saturated rings. The molecule has 0 aromatic heterocycles. The molecule has 1 N–H and O–H groups in total. The van der Waals surface area contributed by atoms with Gasteiger partial charge in [0.1, 0.15) is 0 Å². The van der Waals surface area contributed by atoms with Crippen molar-refractivity contribution in [2.75, 3.05) is 18.0 Å². The summed E-state index contributed by atoms with van der Waals surface area (Å²) in [5, 5.41) is 9.63. The lowest BCUT2D eigenvalue weighted by Crippen LogP contribution is -2.30. The van der Waals surface area contributed by atoms with Gasteiger partial charge < -0.3 is 14.6 Å². The number of benzene rings is 1. The van der Waals surface area contributed by atoms with Crippen molar-refractivity contribution in [3.05, 3.63) is 23.8 Å². The van der Waals surface area contributed by atoms with Crippen molar-refractivity contribution in [2.45, 2.75) is 6.61 Å². The van der Waals surface area contributed by atoms with Gasteiger partial charge in [-0.2, -0.15) is 0 Å². The summed E-state index contributed by atoms with van der Waals surface area (Å²) in [6.07, 6.45) is 10.6. The van der Waals surface area contributed by atoms with E-state index in [1.54, 1.807) is 0 Å². The maximum atomic E-state index is 9.63. The van der Waals surface area contributed by atoms with E-state index in [-0.39, 0.29) is 0 Å². The predicted octanol–water partition coefficient (Wildman–Crippen LogP) is -0.0229. The highest BCUT2D eigenvalue weighted by molar-refractivity contribution is 6.61. The number of fused-ring (bicyclic) bond motifs is 1. The summed E-state index contributed by atoms with van der Waals surface area (Å²) in [5.41, 5.74) is 2.70. The van der Waals surface area contributed by atoms with E-state index in [1.165, 1.54) is 0 Å². The Kier molecular flexibility index (Phi) is 3.39. The van der Waals surface area contributed by atoms with Gasteiger partial charge in [0.05, 0.1) is 19.7 Å². The van der Waals surface area contributed by atoms with Gasteiger partial charge in [-0.05, 0) is 23.2 Å². The molecule has 4 heteroatoms. The van der Waals surface area contributed by atoms with Gasteiger partial charge in [0.2, 0.25) is 0 Å². The van der Waals surface area contributed by atoms with Crippen LogP contribution < -0.4 is 10.4 Å². The van der Waals surface area contributed by atoms with Crippen LogP contribution in [0.25, 0.3) is 0 Å². The molecule has 1 aromatic carbocycles. The highest BCUT2D eigenvalue weighted by Crippen LogP contribution is 2.17. The molecule has 1 aliphatic rings. The largest absolute Gasteiger partial charge is 0.491 e. The summed E-state index contributed by atoms with van der Waals surface area (Å²) in [7, 11) is -0.844. The molecule has 1 heterocycles. The second kappa shape index (κ2) is 4.97. The van der Waals surface area contributed by atoms with Gasteiger partial charge in [0.25, 0.3) is 0 Å². The maximum Gasteiger partial charge on any atom is 0.491 e. The molecular formula is C13H12BNO2. The fraction of sp³-hybridized carbons (Fsp3) is 0.231. The van der Waals surface area contributed by atoms with Gasteiger partial charge in [0.15, 0.2) is 0 Å². The normalized spacial score (nSPS) is 12.8. The summed E-state index contributed by atoms with van der Waals surface area (Å²) in [5.74, 6) is 5.13. The average Bonchev–Trinajstić information content (AvgIpc) is 2.71. The summed E-state index contributed by atoms with van der Waals surface area (Å²) in [4.78, 5) is 1.89. The summed E-state index contributed by atoms with van der Waals surface area (Å²) in [6.45, 7) is 1.33. The Hall–Kier alpha value is -1.88. The summed E-state index contributed by atoms with van der Waals surface area (Å²) < 4.78 is 5.13. The molecule has 0 atom stereocenters. The standard InChI is InChI=1S/C13H12BNO2/c1-3-7-15(8-4-2)12-6-5-11-10-17-14(16)13(11)9-12/h1-2,5-6,9,16H,7-8,10H2. The zero-order valence-electron chi connectivity index (χ0n) is 9.39. The van der Waals surface area contributed by atoms with Crippen molar-refractivity contribution in [2.24, 2.45) is 0 Å². The van der Waals surface area contributed by atoms with Crippen molar-refractivity contribution in [1.82, 2.24) is 0 Å². The van der Waals surface area contributed by atoms with Crippen LogP contribution in [0.5, 0.6) is 0 Å². The van der Waals surface area contributed by atoms with E-state index in [2.05, 4.69) is 11.8 Å². The molecule has 0 radical (unpaired) electrons. The van der Waals surface area contributed by atoms with Crippen LogP contribution in [0.1, 0.15) is 5.56 Å². The number of terminal acetylenes is 2. The lowest BCUT2D eigenvalue weighted by molar-refractivity contribution is 0.275.